The van der Waals surface area contributed by atoms with Crippen molar-refractivity contribution in [1.82, 2.24) is 4.98 Å². The molecule has 0 radical (unpaired) electrons. The highest BCUT2D eigenvalue weighted by Gasteiger charge is 2.07. The largest absolute Gasteiger partial charge is 0.491 e. The lowest BCUT2D eigenvalue weighted by molar-refractivity contribution is 0.201. The second kappa shape index (κ2) is 7.61. The number of nitrogens with zero attached hydrogens (tertiary/aromatic N) is 1. The van der Waals surface area contributed by atoms with E-state index in [2.05, 4.69) is 4.98 Å². The topological polar surface area (TPSA) is 64.7 Å². The van der Waals surface area contributed by atoms with Crippen LogP contribution >= 0.6 is 0 Å². The van der Waals surface area contributed by atoms with Crippen LogP contribution in [0.1, 0.15) is 5.69 Å². The normalized spacial score (nSPS) is 10.6. The molecule has 24 heavy (non-hydrogen) atoms. The van der Waals surface area contributed by atoms with Crippen molar-refractivity contribution < 1.29 is 23.4 Å². The maximum atomic E-state index is 12.9. The van der Waals surface area contributed by atoms with E-state index < -0.39 is 0 Å². The van der Waals surface area contributed by atoms with Gasteiger partial charge in [0.05, 0.1) is 6.61 Å². The van der Waals surface area contributed by atoms with Gasteiger partial charge < -0.3 is 19.0 Å². The number of oxazole rings is 1. The van der Waals surface area contributed by atoms with Gasteiger partial charge in [-0.25, -0.2) is 9.37 Å². The SMILES string of the molecule is OCCOc1ccc(OCc2coc(-c3ccc(F)cc3)n2)cc1. The van der Waals surface area contributed by atoms with Crippen molar-refractivity contribution in [3.05, 3.63) is 66.3 Å². The Morgan fingerprint density at radius 3 is 2.29 bits per heavy atom. The van der Waals surface area contributed by atoms with E-state index in [9.17, 15) is 4.39 Å². The van der Waals surface area contributed by atoms with Gasteiger partial charge in [-0.3, -0.25) is 0 Å². The third kappa shape index (κ3) is 4.11. The summed E-state index contributed by atoms with van der Waals surface area (Å²) < 4.78 is 29.2. The van der Waals surface area contributed by atoms with Crippen LogP contribution < -0.4 is 9.47 Å². The first-order valence-corrected chi connectivity index (χ1v) is 7.41. The van der Waals surface area contributed by atoms with Crippen LogP contribution in [0.4, 0.5) is 4.39 Å². The van der Waals surface area contributed by atoms with Gasteiger partial charge in [0.1, 0.15) is 42.5 Å². The molecule has 0 amide bonds. The van der Waals surface area contributed by atoms with Gasteiger partial charge >= 0.3 is 0 Å². The molecule has 0 saturated carbocycles. The highest BCUT2D eigenvalue weighted by Crippen LogP contribution is 2.21. The highest BCUT2D eigenvalue weighted by molar-refractivity contribution is 5.52. The molecular formula is C18H16FNO4. The fraction of sp³-hybridized carbons (Fsp3) is 0.167. The number of benzene rings is 2. The Balaban J connectivity index is 1.58. The van der Waals surface area contributed by atoms with Gasteiger partial charge in [0.25, 0.3) is 0 Å². The molecule has 0 aliphatic carbocycles. The van der Waals surface area contributed by atoms with E-state index in [4.69, 9.17) is 19.0 Å². The van der Waals surface area contributed by atoms with E-state index in [0.29, 0.717) is 28.6 Å². The molecule has 1 N–H and O–H groups in total. The average molecular weight is 329 g/mol. The van der Waals surface area contributed by atoms with E-state index in [0.717, 1.165) is 0 Å². The minimum absolute atomic E-state index is 0.0270. The fourth-order valence-electron chi connectivity index (χ4n) is 2.05. The van der Waals surface area contributed by atoms with Gasteiger partial charge in [0.2, 0.25) is 5.89 Å². The summed E-state index contributed by atoms with van der Waals surface area (Å²) in [7, 11) is 0. The number of hydrogen-bond donors (Lipinski definition) is 1. The third-order valence-corrected chi connectivity index (χ3v) is 3.21. The van der Waals surface area contributed by atoms with Crippen molar-refractivity contribution in [3.8, 4) is 23.0 Å². The van der Waals surface area contributed by atoms with Crippen LogP contribution in [0.5, 0.6) is 11.5 Å². The van der Waals surface area contributed by atoms with E-state index in [1.165, 1.54) is 18.4 Å². The molecule has 6 heteroatoms. The van der Waals surface area contributed by atoms with Gasteiger partial charge in [-0.15, -0.1) is 0 Å². The summed E-state index contributed by atoms with van der Waals surface area (Å²) >= 11 is 0. The Kier molecular flexibility index (Phi) is 5.08. The van der Waals surface area contributed by atoms with E-state index in [1.807, 2.05) is 0 Å². The first-order valence-electron chi connectivity index (χ1n) is 7.41. The van der Waals surface area contributed by atoms with Gasteiger partial charge in [-0.1, -0.05) is 0 Å². The van der Waals surface area contributed by atoms with Crippen molar-refractivity contribution >= 4 is 0 Å². The van der Waals surface area contributed by atoms with Crippen LogP contribution in [0.3, 0.4) is 0 Å². The Hall–Kier alpha value is -2.86. The van der Waals surface area contributed by atoms with Crippen LogP contribution in [-0.2, 0) is 6.61 Å². The first-order chi connectivity index (χ1) is 11.7. The molecule has 0 saturated heterocycles. The number of ether oxygens (including phenoxy) is 2. The molecule has 0 unspecified atom stereocenters. The van der Waals surface area contributed by atoms with Crippen molar-refractivity contribution in [2.45, 2.75) is 6.61 Å². The molecule has 0 bridgehead atoms. The van der Waals surface area contributed by atoms with Crippen LogP contribution in [0.25, 0.3) is 11.5 Å². The zero-order valence-corrected chi connectivity index (χ0v) is 12.8. The van der Waals surface area contributed by atoms with Crippen molar-refractivity contribution in [1.29, 1.82) is 0 Å². The molecule has 0 spiro atoms. The number of aliphatic hydroxyl groups excluding tert-OH is 1. The number of hydrogen-bond acceptors (Lipinski definition) is 5. The summed E-state index contributed by atoms with van der Waals surface area (Å²) in [5, 5.41) is 8.71. The molecule has 3 rings (SSSR count). The standard InChI is InChI=1S/C18H16FNO4/c19-14-3-1-13(2-4-14)18-20-15(12-24-18)11-23-17-7-5-16(6-8-17)22-10-9-21/h1-8,12,21H,9-11H2. The number of aromatic nitrogens is 1. The Morgan fingerprint density at radius 2 is 1.62 bits per heavy atom. The van der Waals surface area contributed by atoms with Crippen LogP contribution in [0.15, 0.2) is 59.2 Å². The molecule has 0 atom stereocenters. The fourth-order valence-corrected chi connectivity index (χ4v) is 2.05. The average Bonchev–Trinajstić information content (AvgIpc) is 3.09. The molecule has 0 aliphatic heterocycles. The smallest absolute Gasteiger partial charge is 0.226 e. The molecule has 0 aliphatic rings. The Morgan fingerprint density at radius 1 is 0.958 bits per heavy atom. The monoisotopic (exact) mass is 329 g/mol. The predicted octanol–water partition coefficient (Wildman–Crippen LogP) is 3.43. The molecule has 124 valence electrons. The minimum atomic E-state index is -0.305. The minimum Gasteiger partial charge on any atom is -0.491 e. The van der Waals surface area contributed by atoms with Gasteiger partial charge in [0.15, 0.2) is 0 Å². The maximum absolute atomic E-state index is 12.9. The van der Waals surface area contributed by atoms with Crippen molar-refractivity contribution in [2.75, 3.05) is 13.2 Å². The summed E-state index contributed by atoms with van der Waals surface area (Å²) in [5.74, 6) is 1.44. The summed E-state index contributed by atoms with van der Waals surface area (Å²) in [6, 6.07) is 13.0. The van der Waals surface area contributed by atoms with Crippen LogP contribution in [-0.4, -0.2) is 23.3 Å². The second-order valence-corrected chi connectivity index (χ2v) is 4.98. The summed E-state index contributed by atoms with van der Waals surface area (Å²) in [6.07, 6.45) is 1.51. The van der Waals surface area contributed by atoms with Crippen molar-refractivity contribution in [2.24, 2.45) is 0 Å². The zero-order chi connectivity index (χ0) is 16.8. The van der Waals surface area contributed by atoms with E-state index in [1.54, 1.807) is 36.4 Å². The Bertz CT molecular complexity index is 768. The lowest BCUT2D eigenvalue weighted by atomic mass is 10.2. The summed E-state index contributed by atoms with van der Waals surface area (Å²) in [5.41, 5.74) is 1.34. The second-order valence-electron chi connectivity index (χ2n) is 4.98. The van der Waals surface area contributed by atoms with Crippen LogP contribution in [0, 0.1) is 5.82 Å². The number of halogens is 1. The number of rotatable bonds is 7. The van der Waals surface area contributed by atoms with E-state index >= 15 is 0 Å². The molecule has 1 heterocycles. The zero-order valence-electron chi connectivity index (χ0n) is 12.8. The van der Waals surface area contributed by atoms with E-state index in [-0.39, 0.29) is 25.6 Å². The first kappa shape index (κ1) is 16.0. The quantitative estimate of drug-likeness (QED) is 0.719. The molecule has 1 aromatic heterocycles. The Labute approximate surface area is 138 Å². The van der Waals surface area contributed by atoms with Crippen LogP contribution in [0.2, 0.25) is 0 Å². The van der Waals surface area contributed by atoms with Gasteiger partial charge in [0, 0.05) is 5.56 Å². The number of aliphatic hydroxyl groups is 1. The molecule has 2 aromatic carbocycles. The van der Waals surface area contributed by atoms with Gasteiger partial charge in [-0.2, -0.15) is 0 Å². The maximum Gasteiger partial charge on any atom is 0.226 e. The third-order valence-electron chi connectivity index (χ3n) is 3.21. The highest BCUT2D eigenvalue weighted by atomic mass is 19.1. The lowest BCUT2D eigenvalue weighted by Crippen LogP contribution is -2.01. The molecule has 3 aromatic rings. The summed E-state index contributed by atoms with van der Waals surface area (Å²) in [6.45, 7) is 0.480. The van der Waals surface area contributed by atoms with Crippen molar-refractivity contribution in [3.63, 3.8) is 0 Å². The molecule has 5 nitrogen and oxygen atoms in total. The lowest BCUT2D eigenvalue weighted by Gasteiger charge is -2.06. The van der Waals surface area contributed by atoms with Gasteiger partial charge in [-0.05, 0) is 48.5 Å². The molecule has 0 fully saturated rings. The molecular weight excluding hydrogens is 313 g/mol. The predicted molar refractivity (Wildman–Crippen MR) is 85.3 cm³/mol. The summed E-state index contributed by atoms with van der Waals surface area (Å²) in [4.78, 5) is 4.32.